The van der Waals surface area contributed by atoms with Gasteiger partial charge in [0.1, 0.15) is 5.60 Å². The maximum Gasteiger partial charge on any atom is 0.407 e. The topological polar surface area (TPSA) is 97.9 Å². The molecule has 166 valence electrons. The summed E-state index contributed by atoms with van der Waals surface area (Å²) in [5.41, 5.74) is 1.30. The van der Waals surface area contributed by atoms with E-state index in [0.29, 0.717) is 46.1 Å². The highest BCUT2D eigenvalue weighted by Crippen LogP contribution is 2.25. The molecule has 8 nitrogen and oxygen atoms in total. The quantitative estimate of drug-likeness (QED) is 0.474. The molecule has 0 bridgehead atoms. The second-order valence-corrected chi connectivity index (χ2v) is 7.82. The molecule has 0 aliphatic carbocycles. The first-order valence-electron chi connectivity index (χ1n) is 10.3. The van der Waals surface area contributed by atoms with Crippen LogP contribution in [0.3, 0.4) is 0 Å². The van der Waals surface area contributed by atoms with Gasteiger partial charge in [0.25, 0.3) is 0 Å². The zero-order chi connectivity index (χ0) is 21.8. The smallest absolute Gasteiger partial charge is 0.407 e. The van der Waals surface area contributed by atoms with Crippen LogP contribution in [-0.4, -0.2) is 63.7 Å². The first kappa shape index (κ1) is 23.9. The molecule has 1 atom stereocenters. The Morgan fingerprint density at radius 2 is 1.63 bits per heavy atom. The van der Waals surface area contributed by atoms with Crippen LogP contribution in [0.25, 0.3) is 0 Å². The normalized spacial score (nSPS) is 16.1. The molecular weight excluding hydrogens is 386 g/mol. The highest BCUT2D eigenvalue weighted by molar-refractivity contribution is 5.95. The highest BCUT2D eigenvalue weighted by Gasteiger charge is 2.25. The lowest BCUT2D eigenvalue weighted by Crippen LogP contribution is -2.34. The van der Waals surface area contributed by atoms with Crippen molar-refractivity contribution < 1.29 is 23.8 Å². The van der Waals surface area contributed by atoms with E-state index in [1.807, 2.05) is 57.2 Å². The summed E-state index contributed by atoms with van der Waals surface area (Å²) in [7, 11) is 0. The Bertz CT molecular complexity index is 700. The number of carbonyl (C=O) groups excluding carboxylic acids is 2. The summed E-state index contributed by atoms with van der Waals surface area (Å²) < 4.78 is 16.0. The zero-order valence-corrected chi connectivity index (χ0v) is 18.0. The largest absolute Gasteiger partial charge is 0.444 e. The average molecular weight is 420 g/mol. The van der Waals surface area contributed by atoms with Gasteiger partial charge in [-0.2, -0.15) is 0 Å². The summed E-state index contributed by atoms with van der Waals surface area (Å²) >= 11 is 0. The van der Waals surface area contributed by atoms with E-state index in [9.17, 15) is 9.59 Å². The van der Waals surface area contributed by atoms with Crippen LogP contribution in [0.15, 0.2) is 42.0 Å². The minimum Gasteiger partial charge on any atom is -0.444 e. The number of hydrogen-bond acceptors (Lipinski definition) is 6. The van der Waals surface area contributed by atoms with Crippen molar-refractivity contribution >= 4 is 12.0 Å². The molecule has 2 rings (SSSR count). The third-order valence-electron chi connectivity index (χ3n) is 4.17. The van der Waals surface area contributed by atoms with Gasteiger partial charge in [-0.05, 0) is 26.3 Å². The highest BCUT2D eigenvalue weighted by atomic mass is 16.6. The van der Waals surface area contributed by atoms with Crippen LogP contribution >= 0.6 is 0 Å². The molecule has 1 aliphatic rings. The summed E-state index contributed by atoms with van der Waals surface area (Å²) in [6.07, 6.45) is 1.47. The number of rotatable bonds is 11. The molecule has 0 fully saturated rings. The molecule has 1 aliphatic heterocycles. The van der Waals surface area contributed by atoms with Gasteiger partial charge in [0, 0.05) is 25.2 Å². The molecule has 30 heavy (non-hydrogen) atoms. The summed E-state index contributed by atoms with van der Waals surface area (Å²) in [6.45, 7) is 8.52. The first-order chi connectivity index (χ1) is 14.4. The lowest BCUT2D eigenvalue weighted by atomic mass is 10.0. The number of carbonyl (C=O) groups is 2. The Balaban J connectivity index is 1.49. The van der Waals surface area contributed by atoms with Crippen molar-refractivity contribution in [1.29, 1.82) is 0 Å². The van der Waals surface area contributed by atoms with Gasteiger partial charge >= 0.3 is 6.09 Å². The molecule has 3 N–H and O–H groups in total. The predicted molar refractivity (Wildman–Crippen MR) is 114 cm³/mol. The van der Waals surface area contributed by atoms with Crippen molar-refractivity contribution in [1.82, 2.24) is 16.0 Å². The Morgan fingerprint density at radius 3 is 2.27 bits per heavy atom. The summed E-state index contributed by atoms with van der Waals surface area (Å²) in [4.78, 5) is 23.9. The van der Waals surface area contributed by atoms with Gasteiger partial charge in [-0.1, -0.05) is 36.4 Å². The minimum absolute atomic E-state index is 0.0743. The molecule has 0 aromatic heterocycles. The van der Waals surface area contributed by atoms with Crippen LogP contribution in [0, 0.1) is 0 Å². The van der Waals surface area contributed by atoms with Gasteiger partial charge in [0.2, 0.25) is 5.91 Å². The van der Waals surface area contributed by atoms with Crippen LogP contribution in [0.2, 0.25) is 0 Å². The van der Waals surface area contributed by atoms with Crippen molar-refractivity contribution in [2.75, 3.05) is 46.1 Å². The van der Waals surface area contributed by atoms with Gasteiger partial charge in [-0.25, -0.2) is 4.79 Å². The van der Waals surface area contributed by atoms with E-state index in [-0.39, 0.29) is 11.9 Å². The van der Waals surface area contributed by atoms with E-state index in [1.165, 1.54) is 0 Å². The van der Waals surface area contributed by atoms with Crippen LogP contribution in [-0.2, 0) is 19.0 Å². The second kappa shape index (κ2) is 12.3. The number of ether oxygens (including phenoxy) is 3. The second-order valence-electron chi connectivity index (χ2n) is 7.82. The monoisotopic (exact) mass is 419 g/mol. The van der Waals surface area contributed by atoms with Crippen LogP contribution in [0.5, 0.6) is 0 Å². The van der Waals surface area contributed by atoms with E-state index < -0.39 is 11.7 Å². The molecule has 0 spiro atoms. The van der Waals surface area contributed by atoms with Gasteiger partial charge < -0.3 is 30.2 Å². The minimum atomic E-state index is -0.512. The average Bonchev–Trinajstić information content (AvgIpc) is 3.18. The fourth-order valence-electron chi connectivity index (χ4n) is 2.88. The Labute approximate surface area is 178 Å². The predicted octanol–water partition coefficient (Wildman–Crippen LogP) is 1.93. The van der Waals surface area contributed by atoms with Crippen molar-refractivity contribution in [2.45, 2.75) is 32.4 Å². The van der Waals surface area contributed by atoms with E-state index in [4.69, 9.17) is 14.2 Å². The van der Waals surface area contributed by atoms with Crippen LogP contribution in [0.1, 0.15) is 32.4 Å². The summed E-state index contributed by atoms with van der Waals surface area (Å²) in [5.74, 6) is -0.0816. The van der Waals surface area contributed by atoms with Gasteiger partial charge in [0.05, 0.1) is 32.5 Å². The number of nitrogens with one attached hydrogen (secondary N) is 3. The van der Waals surface area contributed by atoms with E-state index >= 15 is 0 Å². The molecule has 1 heterocycles. The fourth-order valence-corrected chi connectivity index (χ4v) is 2.88. The standard InChI is InChI=1S/C22H33N3O5/c1-22(2,3)30-21(27)25-12-14-29-16-15-28-13-11-24-20(26)18-9-10-23-19(18)17-7-5-4-6-8-17/h4-9,19,23H,10-16H2,1-3H3,(H,24,26)(H,25,27). The molecular formula is C22H33N3O5. The van der Waals surface area contributed by atoms with Crippen molar-refractivity contribution in [3.8, 4) is 0 Å². The van der Waals surface area contributed by atoms with Gasteiger partial charge in [-0.15, -0.1) is 0 Å². The van der Waals surface area contributed by atoms with Crippen LogP contribution in [0.4, 0.5) is 4.79 Å². The first-order valence-corrected chi connectivity index (χ1v) is 10.3. The zero-order valence-electron chi connectivity index (χ0n) is 18.0. The van der Waals surface area contributed by atoms with Crippen molar-refractivity contribution in [2.24, 2.45) is 0 Å². The number of amides is 2. The lowest BCUT2D eigenvalue weighted by Gasteiger charge is -2.19. The Hall–Kier alpha value is -2.42. The molecule has 0 saturated carbocycles. The van der Waals surface area contributed by atoms with E-state index in [2.05, 4.69) is 16.0 Å². The molecule has 1 unspecified atom stereocenters. The lowest BCUT2D eigenvalue weighted by molar-refractivity contribution is -0.118. The van der Waals surface area contributed by atoms with Crippen molar-refractivity contribution in [3.05, 3.63) is 47.5 Å². The van der Waals surface area contributed by atoms with E-state index in [0.717, 1.165) is 11.1 Å². The van der Waals surface area contributed by atoms with Gasteiger partial charge in [-0.3, -0.25) is 4.79 Å². The number of alkyl carbamates (subject to hydrolysis) is 1. The maximum absolute atomic E-state index is 12.4. The van der Waals surface area contributed by atoms with Crippen LogP contribution < -0.4 is 16.0 Å². The molecule has 2 amide bonds. The fraction of sp³-hybridized carbons (Fsp3) is 0.545. The molecule has 1 aromatic carbocycles. The third kappa shape index (κ3) is 8.94. The number of benzene rings is 1. The summed E-state index contributed by atoms with van der Waals surface area (Å²) in [5, 5.41) is 8.83. The molecule has 0 saturated heterocycles. The van der Waals surface area contributed by atoms with Gasteiger partial charge in [0.15, 0.2) is 0 Å². The Morgan fingerprint density at radius 1 is 1.00 bits per heavy atom. The molecule has 8 heteroatoms. The number of hydrogen-bond donors (Lipinski definition) is 3. The SMILES string of the molecule is CC(C)(C)OC(=O)NCCOCCOCCNC(=O)C1=CCNC1c1ccccc1. The van der Waals surface area contributed by atoms with Crippen molar-refractivity contribution in [3.63, 3.8) is 0 Å². The van der Waals surface area contributed by atoms with E-state index in [1.54, 1.807) is 0 Å². The maximum atomic E-state index is 12.4. The molecule has 0 radical (unpaired) electrons. The third-order valence-corrected chi connectivity index (χ3v) is 4.17. The molecule has 1 aromatic rings. The summed E-state index contributed by atoms with van der Waals surface area (Å²) in [6, 6.07) is 9.84. The Kier molecular flexibility index (Phi) is 9.79.